The first-order chi connectivity index (χ1) is 21.1. The Labute approximate surface area is 252 Å². The Morgan fingerprint density at radius 1 is 0.837 bits per heavy atom. The zero-order valence-electron chi connectivity index (χ0n) is 24.7. The van der Waals surface area contributed by atoms with Crippen molar-refractivity contribution in [1.29, 1.82) is 0 Å². The van der Waals surface area contributed by atoms with Crippen LogP contribution in [0.4, 0.5) is 0 Å². The van der Waals surface area contributed by atoms with E-state index in [0.29, 0.717) is 36.6 Å². The maximum absolute atomic E-state index is 13.8. The summed E-state index contributed by atoms with van der Waals surface area (Å²) in [5.41, 5.74) is 7.81. The second-order valence-corrected chi connectivity index (χ2v) is 10.9. The van der Waals surface area contributed by atoms with E-state index in [4.69, 9.17) is 14.2 Å². The molecule has 1 aliphatic carbocycles. The van der Waals surface area contributed by atoms with Gasteiger partial charge >= 0.3 is 0 Å². The summed E-state index contributed by atoms with van der Waals surface area (Å²) < 4.78 is 16.6. The third kappa shape index (κ3) is 5.86. The quantitative estimate of drug-likeness (QED) is 0.181. The number of para-hydroxylation sites is 1. The van der Waals surface area contributed by atoms with E-state index in [2.05, 4.69) is 77.1 Å². The molecule has 6 nitrogen and oxygen atoms in total. The molecule has 1 amide bonds. The molecule has 0 aliphatic heterocycles. The lowest BCUT2D eigenvalue weighted by Gasteiger charge is -2.29. The van der Waals surface area contributed by atoms with Gasteiger partial charge < -0.3 is 24.5 Å². The van der Waals surface area contributed by atoms with Crippen molar-refractivity contribution in [3.05, 3.63) is 125 Å². The predicted molar refractivity (Wildman–Crippen MR) is 172 cm³/mol. The Balaban J connectivity index is 1.26. The summed E-state index contributed by atoms with van der Waals surface area (Å²) in [6.07, 6.45) is 5.64. The normalized spacial score (nSPS) is 16.2. The maximum atomic E-state index is 13.8. The number of nitrogens with one attached hydrogen (secondary N) is 2. The average Bonchev–Trinajstić information content (AvgIpc) is 3.45. The molecule has 0 saturated carbocycles. The molecule has 1 heterocycles. The predicted octanol–water partition coefficient (Wildman–Crippen LogP) is 7.37. The van der Waals surface area contributed by atoms with Crippen molar-refractivity contribution in [1.82, 2.24) is 10.3 Å². The van der Waals surface area contributed by atoms with Gasteiger partial charge in [-0.25, -0.2) is 0 Å². The molecule has 4 aromatic carbocycles. The molecule has 1 aromatic heterocycles. The highest BCUT2D eigenvalue weighted by Crippen LogP contribution is 2.42. The van der Waals surface area contributed by atoms with E-state index in [0.717, 1.165) is 16.6 Å². The molecule has 1 aliphatic rings. The van der Waals surface area contributed by atoms with Gasteiger partial charge in [0.05, 0.1) is 33.4 Å². The fourth-order valence-corrected chi connectivity index (χ4v) is 6.14. The van der Waals surface area contributed by atoms with Gasteiger partial charge in [-0.15, -0.1) is 0 Å². The first-order valence-electron chi connectivity index (χ1n) is 14.6. The number of benzene rings is 4. The van der Waals surface area contributed by atoms with Gasteiger partial charge in [0.15, 0.2) is 0 Å². The molecule has 6 rings (SSSR count). The van der Waals surface area contributed by atoms with Crippen molar-refractivity contribution in [2.75, 3.05) is 21.3 Å². The van der Waals surface area contributed by atoms with Crippen molar-refractivity contribution in [2.24, 2.45) is 5.92 Å². The summed E-state index contributed by atoms with van der Waals surface area (Å²) in [7, 11) is 4.81. The molecule has 0 spiro atoms. The number of aromatic nitrogens is 1. The molecule has 0 bridgehead atoms. The van der Waals surface area contributed by atoms with Crippen molar-refractivity contribution in [2.45, 2.75) is 25.3 Å². The number of fused-ring (bicyclic) bond motifs is 3. The Morgan fingerprint density at radius 3 is 2.16 bits per heavy atom. The van der Waals surface area contributed by atoms with Crippen LogP contribution in [-0.2, 0) is 17.8 Å². The molecule has 0 saturated heterocycles. The smallest absolute Gasteiger partial charge is 0.223 e. The van der Waals surface area contributed by atoms with E-state index in [-0.39, 0.29) is 17.7 Å². The van der Waals surface area contributed by atoms with Gasteiger partial charge in [0, 0.05) is 40.6 Å². The summed E-state index contributed by atoms with van der Waals surface area (Å²) in [6, 6.07) is 31.0. The van der Waals surface area contributed by atoms with E-state index in [9.17, 15) is 4.79 Å². The molecule has 2 atom stereocenters. The van der Waals surface area contributed by atoms with E-state index in [1.165, 1.54) is 27.8 Å². The molecule has 2 N–H and O–H groups in total. The summed E-state index contributed by atoms with van der Waals surface area (Å²) in [4.78, 5) is 17.5. The van der Waals surface area contributed by atoms with Gasteiger partial charge in [0.1, 0.15) is 17.2 Å². The number of amides is 1. The summed E-state index contributed by atoms with van der Waals surface area (Å²) in [5, 5.41) is 4.36. The topological polar surface area (TPSA) is 72.6 Å². The number of aromatic amines is 1. The molecule has 6 heteroatoms. The second kappa shape index (κ2) is 12.5. The number of ether oxygens (including phenoxy) is 3. The number of carbonyl (C=O) groups excluding carboxylic acids is 1. The van der Waals surface area contributed by atoms with Crippen LogP contribution in [0.3, 0.4) is 0 Å². The van der Waals surface area contributed by atoms with Crippen LogP contribution in [0.25, 0.3) is 23.1 Å². The van der Waals surface area contributed by atoms with Gasteiger partial charge in [-0.3, -0.25) is 4.79 Å². The number of methoxy groups -OCH3 is 3. The van der Waals surface area contributed by atoms with Crippen LogP contribution in [0.2, 0.25) is 0 Å². The lowest BCUT2D eigenvalue weighted by Crippen LogP contribution is -2.35. The number of hydrogen-bond acceptors (Lipinski definition) is 4. The van der Waals surface area contributed by atoms with Crippen molar-refractivity contribution < 1.29 is 19.0 Å². The largest absolute Gasteiger partial charge is 0.496 e. The second-order valence-electron chi connectivity index (χ2n) is 10.9. The Hall–Kier alpha value is -4.97. The molecule has 0 radical (unpaired) electrons. The van der Waals surface area contributed by atoms with Crippen LogP contribution in [0, 0.1) is 5.92 Å². The third-order valence-corrected chi connectivity index (χ3v) is 8.40. The van der Waals surface area contributed by atoms with Crippen LogP contribution in [0.5, 0.6) is 17.2 Å². The molecule has 0 fully saturated rings. The highest BCUT2D eigenvalue weighted by Gasteiger charge is 2.34. The molecular formula is C37H36N2O4. The molecule has 218 valence electrons. The standard InChI is InChI=1S/C37H36N2O4/c1-41-28-21-34(42-2)32(35(22-28)43-3)23-38-37(40)27-19-30(36-31(20-27)29-11-7-8-12-33(29)39-36)26-17-15-25(16-18-26)14-13-24-9-5-4-6-10-24/h4-18,21-22,27,30,39H,19-20,23H2,1-3H3,(H,38,40)/t27-,30-/m1/s1. The zero-order valence-corrected chi connectivity index (χ0v) is 24.7. The fourth-order valence-electron chi connectivity index (χ4n) is 6.14. The first kappa shape index (κ1) is 28.2. The van der Waals surface area contributed by atoms with E-state index in [1.807, 2.05) is 24.3 Å². The van der Waals surface area contributed by atoms with Gasteiger partial charge in [-0.1, -0.05) is 84.9 Å². The van der Waals surface area contributed by atoms with Crippen molar-refractivity contribution >= 4 is 29.0 Å². The SMILES string of the molecule is COc1cc(OC)c(CNC(=O)[C@H]2Cc3c([nH]c4ccccc34)[C@@H](c3ccc(C=Cc4ccccc4)cc3)C2)c(OC)c1. The number of carbonyl (C=O) groups is 1. The first-order valence-corrected chi connectivity index (χ1v) is 14.6. The zero-order chi connectivity index (χ0) is 29.8. The lowest BCUT2D eigenvalue weighted by molar-refractivity contribution is -0.125. The van der Waals surface area contributed by atoms with Crippen LogP contribution < -0.4 is 19.5 Å². The van der Waals surface area contributed by atoms with Crippen LogP contribution in [0.1, 0.15) is 45.8 Å². The lowest BCUT2D eigenvalue weighted by atomic mass is 9.76. The third-order valence-electron chi connectivity index (χ3n) is 8.40. The van der Waals surface area contributed by atoms with Gasteiger partial charge in [0.25, 0.3) is 0 Å². The molecule has 5 aromatic rings. The molecule has 43 heavy (non-hydrogen) atoms. The molecular weight excluding hydrogens is 536 g/mol. The Bertz CT molecular complexity index is 1730. The highest BCUT2D eigenvalue weighted by atomic mass is 16.5. The average molecular weight is 573 g/mol. The molecule has 0 unspecified atom stereocenters. The van der Waals surface area contributed by atoms with E-state index >= 15 is 0 Å². The monoisotopic (exact) mass is 572 g/mol. The summed E-state index contributed by atoms with van der Waals surface area (Å²) in [5.74, 6) is 1.75. The number of hydrogen-bond donors (Lipinski definition) is 2. The van der Waals surface area contributed by atoms with Crippen LogP contribution in [-0.4, -0.2) is 32.2 Å². The summed E-state index contributed by atoms with van der Waals surface area (Å²) in [6.45, 7) is 0.291. The minimum absolute atomic E-state index is 0.0169. The highest BCUT2D eigenvalue weighted by molar-refractivity contribution is 5.87. The number of rotatable bonds is 9. The Morgan fingerprint density at radius 2 is 1.49 bits per heavy atom. The van der Waals surface area contributed by atoms with Crippen molar-refractivity contribution in [3.63, 3.8) is 0 Å². The Kier molecular flexibility index (Phi) is 8.18. The van der Waals surface area contributed by atoms with Crippen LogP contribution in [0.15, 0.2) is 91.0 Å². The number of H-pyrrole nitrogens is 1. The fraction of sp³-hybridized carbons (Fsp3) is 0.216. The van der Waals surface area contributed by atoms with E-state index in [1.54, 1.807) is 33.5 Å². The van der Waals surface area contributed by atoms with Gasteiger partial charge in [0.2, 0.25) is 5.91 Å². The minimum Gasteiger partial charge on any atom is -0.496 e. The van der Waals surface area contributed by atoms with Gasteiger partial charge in [-0.2, -0.15) is 0 Å². The summed E-state index contributed by atoms with van der Waals surface area (Å²) >= 11 is 0. The van der Waals surface area contributed by atoms with Crippen LogP contribution >= 0.6 is 0 Å². The van der Waals surface area contributed by atoms with Crippen molar-refractivity contribution in [3.8, 4) is 17.2 Å². The minimum atomic E-state index is -0.190. The maximum Gasteiger partial charge on any atom is 0.223 e. The van der Waals surface area contributed by atoms with Gasteiger partial charge in [-0.05, 0) is 41.2 Å². The van der Waals surface area contributed by atoms with E-state index < -0.39 is 0 Å².